The van der Waals surface area contributed by atoms with E-state index in [1.54, 1.807) is 47.4 Å². The molecule has 1 aliphatic rings. The number of amides is 3. The van der Waals surface area contributed by atoms with Crippen molar-refractivity contribution in [3.63, 3.8) is 0 Å². The second-order valence-electron chi connectivity index (χ2n) is 6.39. The van der Waals surface area contributed by atoms with Gasteiger partial charge in [0.25, 0.3) is 0 Å². The molecule has 1 fully saturated rings. The van der Waals surface area contributed by atoms with E-state index in [4.69, 9.17) is 4.74 Å². The van der Waals surface area contributed by atoms with Crippen LogP contribution in [0.4, 0.5) is 17.1 Å². The standard InChI is InChI=1S/C21H23N3O4/c1-2-28-18-11-4-3-10-17(18)23-21(27)20(26)22-15-8-7-9-16(14-15)24-13-6-5-12-19(24)25/h3-4,7-11,14H,2,5-6,12-13H2,1H3,(H,22,26)(H,23,27). The van der Waals surface area contributed by atoms with Gasteiger partial charge in [0, 0.05) is 24.3 Å². The number of ether oxygens (including phenoxy) is 1. The maximum Gasteiger partial charge on any atom is 0.314 e. The lowest BCUT2D eigenvalue weighted by Crippen LogP contribution is -2.35. The third-order valence-electron chi connectivity index (χ3n) is 4.38. The van der Waals surface area contributed by atoms with Crippen molar-refractivity contribution in [2.45, 2.75) is 26.2 Å². The van der Waals surface area contributed by atoms with Crippen LogP contribution < -0.4 is 20.3 Å². The first-order valence-corrected chi connectivity index (χ1v) is 9.33. The van der Waals surface area contributed by atoms with Crippen LogP contribution in [0.2, 0.25) is 0 Å². The zero-order valence-corrected chi connectivity index (χ0v) is 15.7. The summed E-state index contributed by atoms with van der Waals surface area (Å²) in [4.78, 5) is 38.4. The van der Waals surface area contributed by atoms with Gasteiger partial charge in [-0.25, -0.2) is 0 Å². The molecule has 2 N–H and O–H groups in total. The van der Waals surface area contributed by atoms with E-state index >= 15 is 0 Å². The number of piperidine rings is 1. The second-order valence-corrected chi connectivity index (χ2v) is 6.39. The van der Waals surface area contributed by atoms with Gasteiger partial charge in [-0.15, -0.1) is 0 Å². The minimum atomic E-state index is -0.799. The van der Waals surface area contributed by atoms with Gasteiger partial charge in [0.1, 0.15) is 5.75 Å². The SMILES string of the molecule is CCOc1ccccc1NC(=O)C(=O)Nc1cccc(N2CCCCC2=O)c1. The van der Waals surface area contributed by atoms with Gasteiger partial charge < -0.3 is 20.3 Å². The number of rotatable bonds is 5. The molecule has 0 spiro atoms. The molecule has 146 valence electrons. The minimum Gasteiger partial charge on any atom is -0.492 e. The third kappa shape index (κ3) is 4.68. The van der Waals surface area contributed by atoms with Crippen molar-refractivity contribution in [1.29, 1.82) is 0 Å². The van der Waals surface area contributed by atoms with Crippen molar-refractivity contribution >= 4 is 34.8 Å². The lowest BCUT2D eigenvalue weighted by Gasteiger charge is -2.27. The smallest absolute Gasteiger partial charge is 0.314 e. The monoisotopic (exact) mass is 381 g/mol. The Morgan fingerprint density at radius 2 is 1.82 bits per heavy atom. The van der Waals surface area contributed by atoms with Gasteiger partial charge in [-0.05, 0) is 50.1 Å². The van der Waals surface area contributed by atoms with E-state index in [2.05, 4.69) is 10.6 Å². The number of anilines is 3. The van der Waals surface area contributed by atoms with Gasteiger partial charge in [-0.2, -0.15) is 0 Å². The Kier molecular flexibility index (Phi) is 6.26. The van der Waals surface area contributed by atoms with Crippen LogP contribution >= 0.6 is 0 Å². The Labute approximate surface area is 163 Å². The zero-order valence-electron chi connectivity index (χ0n) is 15.7. The number of para-hydroxylation sites is 2. The normalized spacial score (nSPS) is 13.8. The summed E-state index contributed by atoms with van der Waals surface area (Å²) >= 11 is 0. The topological polar surface area (TPSA) is 87.7 Å². The molecule has 7 nitrogen and oxygen atoms in total. The largest absolute Gasteiger partial charge is 0.492 e. The number of nitrogens with one attached hydrogen (secondary N) is 2. The maximum absolute atomic E-state index is 12.3. The average molecular weight is 381 g/mol. The predicted molar refractivity (Wildman–Crippen MR) is 108 cm³/mol. The van der Waals surface area contributed by atoms with E-state index in [0.717, 1.165) is 12.8 Å². The van der Waals surface area contributed by atoms with Crippen LogP contribution in [0.25, 0.3) is 0 Å². The molecule has 3 rings (SSSR count). The first kappa shape index (κ1) is 19.4. The zero-order chi connectivity index (χ0) is 19.9. The van der Waals surface area contributed by atoms with Gasteiger partial charge in [0.15, 0.2) is 0 Å². The van der Waals surface area contributed by atoms with Crippen molar-refractivity contribution < 1.29 is 19.1 Å². The predicted octanol–water partition coefficient (Wildman–Crippen LogP) is 3.18. The highest BCUT2D eigenvalue weighted by Crippen LogP contribution is 2.25. The van der Waals surface area contributed by atoms with E-state index in [-0.39, 0.29) is 5.91 Å². The van der Waals surface area contributed by atoms with Gasteiger partial charge in [-0.3, -0.25) is 14.4 Å². The summed E-state index contributed by atoms with van der Waals surface area (Å²) in [6.07, 6.45) is 2.37. The van der Waals surface area contributed by atoms with Crippen LogP contribution in [-0.2, 0) is 14.4 Å². The fourth-order valence-electron chi connectivity index (χ4n) is 3.05. The molecule has 3 amide bonds. The molecule has 2 aromatic rings. The highest BCUT2D eigenvalue weighted by Gasteiger charge is 2.21. The van der Waals surface area contributed by atoms with Crippen LogP contribution in [0.3, 0.4) is 0 Å². The summed E-state index contributed by atoms with van der Waals surface area (Å²) in [6, 6.07) is 13.9. The van der Waals surface area contributed by atoms with E-state index in [0.29, 0.717) is 42.4 Å². The van der Waals surface area contributed by atoms with Crippen LogP contribution in [0, 0.1) is 0 Å². The van der Waals surface area contributed by atoms with Crippen LogP contribution in [0.1, 0.15) is 26.2 Å². The Morgan fingerprint density at radius 3 is 2.61 bits per heavy atom. The molecule has 0 saturated carbocycles. The average Bonchev–Trinajstić information content (AvgIpc) is 2.70. The number of carbonyl (C=O) groups is 3. The number of hydrogen-bond acceptors (Lipinski definition) is 4. The summed E-state index contributed by atoms with van der Waals surface area (Å²) in [7, 11) is 0. The quantitative estimate of drug-likeness (QED) is 0.779. The molecule has 0 aromatic heterocycles. The van der Waals surface area contributed by atoms with Crippen molar-refractivity contribution in [2.24, 2.45) is 0 Å². The van der Waals surface area contributed by atoms with Crippen molar-refractivity contribution in [3.05, 3.63) is 48.5 Å². The van der Waals surface area contributed by atoms with E-state index < -0.39 is 11.8 Å². The second kappa shape index (κ2) is 9.03. The number of benzene rings is 2. The molecule has 1 heterocycles. The molecule has 0 bridgehead atoms. The van der Waals surface area contributed by atoms with E-state index in [9.17, 15) is 14.4 Å². The molecule has 1 saturated heterocycles. The fourth-order valence-corrected chi connectivity index (χ4v) is 3.05. The highest BCUT2D eigenvalue weighted by molar-refractivity contribution is 6.43. The molecule has 28 heavy (non-hydrogen) atoms. The van der Waals surface area contributed by atoms with Gasteiger partial charge in [0.05, 0.1) is 12.3 Å². The lowest BCUT2D eigenvalue weighted by atomic mass is 10.1. The molecule has 0 aliphatic carbocycles. The lowest BCUT2D eigenvalue weighted by molar-refractivity contribution is -0.133. The number of hydrogen-bond donors (Lipinski definition) is 2. The highest BCUT2D eigenvalue weighted by atomic mass is 16.5. The summed E-state index contributed by atoms with van der Waals surface area (Å²) in [5.74, 6) is -1.03. The third-order valence-corrected chi connectivity index (χ3v) is 4.38. The van der Waals surface area contributed by atoms with Crippen molar-refractivity contribution in [2.75, 3.05) is 28.7 Å². The van der Waals surface area contributed by atoms with Gasteiger partial charge >= 0.3 is 11.8 Å². The van der Waals surface area contributed by atoms with Crippen LogP contribution in [-0.4, -0.2) is 30.9 Å². The van der Waals surface area contributed by atoms with E-state index in [1.807, 2.05) is 13.0 Å². The van der Waals surface area contributed by atoms with Crippen LogP contribution in [0.5, 0.6) is 5.75 Å². The Morgan fingerprint density at radius 1 is 1.04 bits per heavy atom. The number of nitrogens with zero attached hydrogens (tertiary/aromatic N) is 1. The summed E-state index contributed by atoms with van der Waals surface area (Å²) < 4.78 is 5.44. The Bertz CT molecular complexity index is 881. The van der Waals surface area contributed by atoms with E-state index in [1.165, 1.54) is 0 Å². The van der Waals surface area contributed by atoms with Gasteiger partial charge in [0.2, 0.25) is 5.91 Å². The molecule has 0 unspecified atom stereocenters. The summed E-state index contributed by atoms with van der Waals surface area (Å²) in [5.41, 5.74) is 1.59. The first-order valence-electron chi connectivity index (χ1n) is 9.33. The summed E-state index contributed by atoms with van der Waals surface area (Å²) in [6.45, 7) is 2.94. The van der Waals surface area contributed by atoms with Crippen molar-refractivity contribution in [3.8, 4) is 5.75 Å². The Hall–Kier alpha value is -3.35. The van der Waals surface area contributed by atoms with Gasteiger partial charge in [-0.1, -0.05) is 18.2 Å². The first-order chi connectivity index (χ1) is 13.6. The molecule has 2 aromatic carbocycles. The summed E-state index contributed by atoms with van der Waals surface area (Å²) in [5, 5.41) is 5.14. The number of carbonyl (C=O) groups excluding carboxylic acids is 3. The fraction of sp³-hybridized carbons (Fsp3) is 0.286. The molecule has 1 aliphatic heterocycles. The molecular weight excluding hydrogens is 358 g/mol. The molecular formula is C21H23N3O4. The van der Waals surface area contributed by atoms with Crippen molar-refractivity contribution in [1.82, 2.24) is 0 Å². The Balaban J connectivity index is 1.67. The van der Waals surface area contributed by atoms with Crippen LogP contribution in [0.15, 0.2) is 48.5 Å². The molecule has 0 radical (unpaired) electrons. The molecule has 0 atom stereocenters. The molecule has 7 heteroatoms. The minimum absolute atomic E-state index is 0.0694. The maximum atomic E-state index is 12.3.